The van der Waals surface area contributed by atoms with Crippen molar-refractivity contribution in [2.24, 2.45) is 5.73 Å². The van der Waals surface area contributed by atoms with Crippen molar-refractivity contribution in [1.29, 1.82) is 0 Å². The van der Waals surface area contributed by atoms with E-state index in [-0.39, 0.29) is 6.54 Å². The van der Waals surface area contributed by atoms with Crippen LogP contribution in [0.15, 0.2) is 24.3 Å². The lowest BCUT2D eigenvalue weighted by Gasteiger charge is -2.32. The van der Waals surface area contributed by atoms with Crippen molar-refractivity contribution in [3.8, 4) is 17.6 Å². The minimum absolute atomic E-state index is 0.0949. The lowest BCUT2D eigenvalue weighted by molar-refractivity contribution is -0.0372. The first-order valence-electron chi connectivity index (χ1n) is 9.43. The molecule has 2 amide bonds. The topological polar surface area (TPSA) is 82.3 Å². The van der Waals surface area contributed by atoms with Crippen LogP contribution in [0.4, 0.5) is 4.79 Å². The molecule has 1 saturated heterocycles. The number of amides is 2. The van der Waals surface area contributed by atoms with Gasteiger partial charge in [-0.3, -0.25) is 5.21 Å². The molecule has 1 fully saturated rings. The molecular weight excluding hydrogens is 344 g/mol. The third-order valence-electron chi connectivity index (χ3n) is 4.52. The first-order valence-corrected chi connectivity index (χ1v) is 9.43. The first-order chi connectivity index (χ1) is 13.0. The largest absolute Gasteiger partial charge is 0.494 e. The Morgan fingerprint density at radius 2 is 1.93 bits per heavy atom. The van der Waals surface area contributed by atoms with Crippen molar-refractivity contribution < 1.29 is 14.7 Å². The van der Waals surface area contributed by atoms with E-state index < -0.39 is 6.03 Å². The van der Waals surface area contributed by atoms with Crippen LogP contribution in [0.2, 0.25) is 0 Å². The molecule has 0 aromatic heterocycles. The van der Waals surface area contributed by atoms with Crippen LogP contribution in [-0.4, -0.2) is 79.0 Å². The Kier molecular flexibility index (Phi) is 8.92. The second-order valence-electron chi connectivity index (χ2n) is 6.74. The summed E-state index contributed by atoms with van der Waals surface area (Å²) in [7, 11) is 2.18. The highest BCUT2D eigenvalue weighted by Gasteiger charge is 2.12. The molecule has 27 heavy (non-hydrogen) atoms. The number of nitrogens with zero attached hydrogens (tertiary/aromatic N) is 3. The lowest BCUT2D eigenvalue weighted by Crippen LogP contribution is -2.44. The van der Waals surface area contributed by atoms with Gasteiger partial charge in [0, 0.05) is 38.2 Å². The molecule has 1 aliphatic heterocycles. The number of hydrogen-bond donors (Lipinski definition) is 2. The smallest absolute Gasteiger partial charge is 0.338 e. The van der Waals surface area contributed by atoms with Gasteiger partial charge in [-0.1, -0.05) is 11.8 Å². The van der Waals surface area contributed by atoms with Crippen LogP contribution in [0.5, 0.6) is 5.75 Å². The number of carbonyl (C=O) groups is 1. The zero-order valence-electron chi connectivity index (χ0n) is 16.1. The van der Waals surface area contributed by atoms with E-state index in [2.05, 4.69) is 28.7 Å². The van der Waals surface area contributed by atoms with Crippen molar-refractivity contribution in [3.63, 3.8) is 0 Å². The number of primary amides is 1. The number of urea groups is 1. The third-order valence-corrected chi connectivity index (χ3v) is 4.52. The quantitative estimate of drug-likeness (QED) is 0.313. The monoisotopic (exact) mass is 374 g/mol. The van der Waals surface area contributed by atoms with Gasteiger partial charge in [0.05, 0.1) is 13.2 Å². The molecule has 0 saturated carbocycles. The van der Waals surface area contributed by atoms with Gasteiger partial charge in [0.2, 0.25) is 0 Å². The van der Waals surface area contributed by atoms with Crippen LogP contribution in [0.25, 0.3) is 0 Å². The van der Waals surface area contributed by atoms with Gasteiger partial charge in [0.25, 0.3) is 0 Å². The summed E-state index contributed by atoms with van der Waals surface area (Å²) >= 11 is 0. The Morgan fingerprint density at radius 1 is 1.22 bits per heavy atom. The normalized spacial score (nSPS) is 15.0. The number of rotatable bonds is 8. The molecule has 2 rings (SSSR count). The number of hydrogen-bond acceptors (Lipinski definition) is 5. The Bertz CT molecular complexity index is 631. The van der Waals surface area contributed by atoms with Gasteiger partial charge in [-0.05, 0) is 50.7 Å². The number of ether oxygens (including phenoxy) is 1. The van der Waals surface area contributed by atoms with Crippen LogP contribution in [-0.2, 0) is 0 Å². The van der Waals surface area contributed by atoms with Gasteiger partial charge in [-0.2, -0.15) is 0 Å². The molecule has 0 radical (unpaired) electrons. The maximum atomic E-state index is 10.7. The molecule has 1 aromatic rings. The van der Waals surface area contributed by atoms with E-state index in [0.29, 0.717) is 11.5 Å². The maximum Gasteiger partial charge on any atom is 0.338 e. The standard InChI is InChI=1S/C20H30N4O3/c1-22-13-15-23(16-14-22)11-4-5-17-27-19-9-7-18(8-10-19)6-2-3-12-24(26)20(21)25/h7-10,26H,3-5,11-17H2,1H3,(H2,21,25). The Hall–Kier alpha value is -2.27. The molecule has 1 aromatic carbocycles. The number of piperazine rings is 1. The van der Waals surface area contributed by atoms with Crippen molar-refractivity contribution in [2.45, 2.75) is 19.3 Å². The second-order valence-corrected chi connectivity index (χ2v) is 6.74. The molecule has 1 aliphatic rings. The molecule has 0 aliphatic carbocycles. The number of likely N-dealkylation sites (N-methyl/N-ethyl adjacent to an activating group) is 1. The number of nitrogens with two attached hydrogens (primary N) is 1. The second kappa shape index (κ2) is 11.4. The molecule has 0 bridgehead atoms. The Morgan fingerprint density at radius 3 is 2.59 bits per heavy atom. The van der Waals surface area contributed by atoms with Crippen LogP contribution in [0.1, 0.15) is 24.8 Å². The first kappa shape index (κ1) is 21.0. The van der Waals surface area contributed by atoms with E-state index in [9.17, 15) is 4.79 Å². The Balaban J connectivity index is 1.59. The molecular formula is C20H30N4O3. The minimum Gasteiger partial charge on any atom is -0.494 e. The molecule has 148 valence electrons. The van der Waals surface area contributed by atoms with Gasteiger partial charge in [-0.25, -0.2) is 9.86 Å². The average Bonchev–Trinajstić information content (AvgIpc) is 2.67. The summed E-state index contributed by atoms with van der Waals surface area (Å²) in [5.74, 6) is 6.71. The summed E-state index contributed by atoms with van der Waals surface area (Å²) in [5.41, 5.74) is 5.78. The lowest BCUT2D eigenvalue weighted by atomic mass is 10.2. The summed E-state index contributed by atoms with van der Waals surface area (Å²) in [6, 6.07) is 6.74. The van der Waals surface area contributed by atoms with E-state index in [0.717, 1.165) is 50.4 Å². The molecule has 7 nitrogen and oxygen atoms in total. The number of hydroxylamine groups is 2. The van der Waals surface area contributed by atoms with Gasteiger partial charge in [0.15, 0.2) is 0 Å². The zero-order valence-corrected chi connectivity index (χ0v) is 16.1. The van der Waals surface area contributed by atoms with Gasteiger partial charge in [-0.15, -0.1) is 0 Å². The van der Waals surface area contributed by atoms with Crippen LogP contribution < -0.4 is 10.5 Å². The fraction of sp³-hybridized carbons (Fsp3) is 0.550. The predicted octanol–water partition coefficient (Wildman–Crippen LogP) is 1.60. The number of benzene rings is 1. The predicted molar refractivity (Wildman–Crippen MR) is 105 cm³/mol. The highest BCUT2D eigenvalue weighted by atomic mass is 16.5. The summed E-state index contributed by atoms with van der Waals surface area (Å²) in [4.78, 5) is 15.5. The molecule has 3 N–H and O–H groups in total. The minimum atomic E-state index is -0.873. The highest BCUT2D eigenvalue weighted by Crippen LogP contribution is 2.12. The van der Waals surface area contributed by atoms with Crippen molar-refractivity contribution >= 4 is 6.03 Å². The van der Waals surface area contributed by atoms with Gasteiger partial charge in [0.1, 0.15) is 5.75 Å². The van der Waals surface area contributed by atoms with Gasteiger partial charge >= 0.3 is 6.03 Å². The van der Waals surface area contributed by atoms with E-state index in [1.165, 1.54) is 13.1 Å². The fourth-order valence-electron chi connectivity index (χ4n) is 2.77. The molecule has 1 heterocycles. The molecule has 0 atom stereocenters. The molecule has 0 spiro atoms. The highest BCUT2D eigenvalue weighted by molar-refractivity contribution is 5.70. The molecule has 7 heteroatoms. The van der Waals surface area contributed by atoms with Crippen molar-refractivity contribution in [3.05, 3.63) is 29.8 Å². The van der Waals surface area contributed by atoms with Crippen LogP contribution in [0, 0.1) is 11.8 Å². The summed E-state index contributed by atoms with van der Waals surface area (Å²) in [6.45, 7) is 6.62. The van der Waals surface area contributed by atoms with E-state index in [1.807, 2.05) is 24.3 Å². The maximum absolute atomic E-state index is 10.7. The van der Waals surface area contributed by atoms with Gasteiger partial charge < -0.3 is 20.3 Å². The van der Waals surface area contributed by atoms with Crippen molar-refractivity contribution in [1.82, 2.24) is 14.9 Å². The van der Waals surface area contributed by atoms with E-state index >= 15 is 0 Å². The summed E-state index contributed by atoms with van der Waals surface area (Å²) in [6.07, 6.45) is 2.55. The zero-order chi connectivity index (χ0) is 19.5. The summed E-state index contributed by atoms with van der Waals surface area (Å²) < 4.78 is 5.78. The third kappa shape index (κ3) is 8.31. The Labute approximate surface area is 161 Å². The summed E-state index contributed by atoms with van der Waals surface area (Å²) in [5, 5.41) is 9.59. The molecule has 0 unspecified atom stereocenters. The van der Waals surface area contributed by atoms with Crippen LogP contribution >= 0.6 is 0 Å². The average molecular weight is 374 g/mol. The SMILES string of the molecule is CN1CCN(CCCCOc2ccc(C#CCCN(O)C(N)=O)cc2)CC1. The van der Waals surface area contributed by atoms with Crippen molar-refractivity contribution in [2.75, 3.05) is 52.9 Å². The van der Waals surface area contributed by atoms with E-state index in [4.69, 9.17) is 15.7 Å². The number of carbonyl (C=O) groups excluding carboxylic acids is 1. The van der Waals surface area contributed by atoms with Crippen LogP contribution in [0.3, 0.4) is 0 Å². The number of unbranched alkanes of at least 4 members (excludes halogenated alkanes) is 1. The van der Waals surface area contributed by atoms with E-state index in [1.54, 1.807) is 0 Å². The fourth-order valence-corrected chi connectivity index (χ4v) is 2.77.